The van der Waals surface area contributed by atoms with E-state index in [1.165, 1.54) is 0 Å². The largest absolute Gasteiger partial charge is 0.497 e. The average Bonchev–Trinajstić information content (AvgIpc) is 3.46. The summed E-state index contributed by atoms with van der Waals surface area (Å²) in [4.78, 5) is 19.0. The number of amides is 1. The molecule has 1 aliphatic heterocycles. The summed E-state index contributed by atoms with van der Waals surface area (Å²) in [6, 6.07) is 20.2. The van der Waals surface area contributed by atoms with Crippen LogP contribution in [-0.4, -0.2) is 55.8 Å². The van der Waals surface area contributed by atoms with Crippen LogP contribution in [0, 0.1) is 0 Å². The highest BCUT2D eigenvalue weighted by Gasteiger charge is 2.26. The first kappa shape index (κ1) is 21.4. The van der Waals surface area contributed by atoms with Gasteiger partial charge in [-0.15, -0.1) is 11.3 Å². The number of methoxy groups -OCH3 is 2. The van der Waals surface area contributed by atoms with Crippen LogP contribution in [-0.2, 0) is 6.54 Å². The predicted octanol–water partition coefficient (Wildman–Crippen LogP) is 4.73. The van der Waals surface area contributed by atoms with Gasteiger partial charge in [-0.2, -0.15) is 0 Å². The molecule has 1 amide bonds. The van der Waals surface area contributed by atoms with Gasteiger partial charge < -0.3 is 23.8 Å². The van der Waals surface area contributed by atoms with Gasteiger partial charge >= 0.3 is 0 Å². The van der Waals surface area contributed by atoms with Gasteiger partial charge in [-0.05, 0) is 47.3 Å². The lowest BCUT2D eigenvalue weighted by Gasteiger charge is -2.36. The van der Waals surface area contributed by atoms with Gasteiger partial charge in [-0.25, -0.2) is 0 Å². The number of fused-ring (bicyclic) bond motifs is 1. The van der Waals surface area contributed by atoms with Gasteiger partial charge in [-0.3, -0.25) is 4.79 Å². The van der Waals surface area contributed by atoms with E-state index in [1.54, 1.807) is 25.6 Å². The molecule has 2 aromatic carbocycles. The van der Waals surface area contributed by atoms with Crippen molar-refractivity contribution in [3.8, 4) is 11.5 Å². The second-order valence-corrected chi connectivity index (χ2v) is 8.99. The van der Waals surface area contributed by atoms with Gasteiger partial charge in [0.15, 0.2) is 0 Å². The van der Waals surface area contributed by atoms with Crippen molar-refractivity contribution in [3.05, 3.63) is 77.3 Å². The number of hydrogen-bond acceptors (Lipinski definition) is 5. The van der Waals surface area contributed by atoms with E-state index in [-0.39, 0.29) is 5.91 Å². The van der Waals surface area contributed by atoms with Crippen LogP contribution in [0.4, 0.5) is 5.69 Å². The molecule has 170 valence electrons. The highest BCUT2D eigenvalue weighted by atomic mass is 32.1. The third kappa shape index (κ3) is 4.16. The molecule has 1 fully saturated rings. The van der Waals surface area contributed by atoms with Gasteiger partial charge in [0.05, 0.1) is 19.9 Å². The van der Waals surface area contributed by atoms with Crippen molar-refractivity contribution in [1.29, 1.82) is 0 Å². The Labute approximate surface area is 197 Å². The van der Waals surface area contributed by atoms with Crippen molar-refractivity contribution < 1.29 is 14.3 Å². The number of aromatic nitrogens is 1. The van der Waals surface area contributed by atoms with Gasteiger partial charge in [0.1, 0.15) is 22.0 Å². The summed E-state index contributed by atoms with van der Waals surface area (Å²) in [5.41, 5.74) is 2.93. The SMILES string of the molecule is COc1cccc(Cn2c(C(=O)N3CCN(c4ccccc4OC)CC3)cc3ccsc32)c1. The van der Waals surface area contributed by atoms with Crippen LogP contribution in [0.2, 0.25) is 0 Å². The monoisotopic (exact) mass is 461 g/mol. The van der Waals surface area contributed by atoms with Gasteiger partial charge in [0.25, 0.3) is 5.91 Å². The van der Waals surface area contributed by atoms with E-state index in [4.69, 9.17) is 9.47 Å². The lowest BCUT2D eigenvalue weighted by molar-refractivity contribution is 0.0737. The van der Waals surface area contributed by atoms with E-state index in [0.29, 0.717) is 19.6 Å². The molecule has 0 N–H and O–H groups in total. The standard InChI is InChI=1S/C26H27N3O3S/c1-31-21-7-5-6-19(16-21)18-29-23(17-20-10-15-33-26(20)29)25(30)28-13-11-27(12-14-28)22-8-3-4-9-24(22)32-2/h3-10,15-17H,11-14,18H2,1-2H3. The van der Waals surface area contributed by atoms with E-state index in [2.05, 4.69) is 33.0 Å². The minimum atomic E-state index is 0.0842. The van der Waals surface area contributed by atoms with E-state index in [1.807, 2.05) is 47.4 Å². The number of ether oxygens (including phenoxy) is 2. The van der Waals surface area contributed by atoms with Crippen molar-refractivity contribution in [2.75, 3.05) is 45.3 Å². The first-order valence-corrected chi connectivity index (χ1v) is 11.9. The summed E-state index contributed by atoms with van der Waals surface area (Å²) >= 11 is 1.67. The fourth-order valence-electron chi connectivity index (χ4n) is 4.47. The van der Waals surface area contributed by atoms with Gasteiger partial charge in [0, 0.05) is 38.1 Å². The first-order chi connectivity index (χ1) is 16.2. The number of nitrogens with zero attached hydrogens (tertiary/aromatic N) is 3. The van der Waals surface area contributed by atoms with Gasteiger partial charge in [-0.1, -0.05) is 24.3 Å². The van der Waals surface area contributed by atoms with E-state index in [0.717, 1.165) is 51.7 Å². The number of hydrogen-bond donors (Lipinski definition) is 0. The zero-order valence-electron chi connectivity index (χ0n) is 18.9. The molecule has 2 aromatic heterocycles. The molecule has 7 heteroatoms. The van der Waals surface area contributed by atoms with Crippen molar-refractivity contribution in [2.45, 2.75) is 6.54 Å². The highest BCUT2D eigenvalue weighted by Crippen LogP contribution is 2.30. The summed E-state index contributed by atoms with van der Waals surface area (Å²) < 4.78 is 13.1. The van der Waals surface area contributed by atoms with Crippen LogP contribution >= 0.6 is 11.3 Å². The Balaban J connectivity index is 1.37. The molecule has 0 radical (unpaired) electrons. The van der Waals surface area contributed by atoms with Crippen LogP contribution in [0.1, 0.15) is 16.1 Å². The summed E-state index contributed by atoms with van der Waals surface area (Å²) in [6.45, 7) is 3.53. The topological polar surface area (TPSA) is 46.9 Å². The fourth-order valence-corrected chi connectivity index (χ4v) is 5.36. The summed E-state index contributed by atoms with van der Waals surface area (Å²) in [7, 11) is 3.37. The molecular weight excluding hydrogens is 434 g/mol. The van der Waals surface area contributed by atoms with Crippen molar-refractivity contribution in [2.24, 2.45) is 0 Å². The third-order valence-electron chi connectivity index (χ3n) is 6.19. The molecule has 0 atom stereocenters. The Bertz CT molecular complexity index is 1270. The number of benzene rings is 2. The Morgan fingerprint density at radius 2 is 1.76 bits per heavy atom. The lowest BCUT2D eigenvalue weighted by Crippen LogP contribution is -2.49. The van der Waals surface area contributed by atoms with Crippen molar-refractivity contribution >= 4 is 33.1 Å². The van der Waals surface area contributed by atoms with Crippen LogP contribution < -0.4 is 14.4 Å². The van der Waals surface area contributed by atoms with Crippen molar-refractivity contribution in [3.63, 3.8) is 0 Å². The number of thiophene rings is 1. The molecule has 0 spiro atoms. The maximum Gasteiger partial charge on any atom is 0.270 e. The van der Waals surface area contributed by atoms with Crippen LogP contribution in [0.15, 0.2) is 66.0 Å². The van der Waals surface area contributed by atoms with Crippen molar-refractivity contribution in [1.82, 2.24) is 9.47 Å². The molecule has 33 heavy (non-hydrogen) atoms. The van der Waals surface area contributed by atoms with E-state index < -0.39 is 0 Å². The summed E-state index contributed by atoms with van der Waals surface area (Å²) in [5, 5.41) is 3.19. The molecule has 6 nitrogen and oxygen atoms in total. The zero-order valence-corrected chi connectivity index (χ0v) is 19.7. The lowest BCUT2D eigenvalue weighted by atomic mass is 10.2. The Morgan fingerprint density at radius 3 is 2.55 bits per heavy atom. The third-order valence-corrected chi connectivity index (χ3v) is 7.14. The normalized spacial score (nSPS) is 14.0. The molecule has 4 aromatic rings. The number of piperazine rings is 1. The van der Waals surface area contributed by atoms with E-state index in [9.17, 15) is 4.79 Å². The Morgan fingerprint density at radius 1 is 0.939 bits per heavy atom. The first-order valence-electron chi connectivity index (χ1n) is 11.0. The quantitative estimate of drug-likeness (QED) is 0.417. The number of anilines is 1. The molecule has 0 bridgehead atoms. The Kier molecular flexibility index (Phi) is 5.96. The number of rotatable bonds is 6. The minimum absolute atomic E-state index is 0.0842. The molecule has 1 saturated heterocycles. The number of para-hydroxylation sites is 2. The number of carbonyl (C=O) groups excluding carboxylic acids is 1. The smallest absolute Gasteiger partial charge is 0.270 e. The number of carbonyl (C=O) groups is 1. The van der Waals surface area contributed by atoms with Crippen LogP contribution in [0.5, 0.6) is 11.5 Å². The zero-order chi connectivity index (χ0) is 22.8. The molecule has 1 aliphatic rings. The van der Waals surface area contributed by atoms with Crippen LogP contribution in [0.25, 0.3) is 10.2 Å². The van der Waals surface area contributed by atoms with E-state index >= 15 is 0 Å². The molecule has 0 unspecified atom stereocenters. The predicted molar refractivity (Wildman–Crippen MR) is 133 cm³/mol. The second kappa shape index (κ2) is 9.19. The Hall–Kier alpha value is -3.45. The maximum atomic E-state index is 13.6. The molecule has 3 heterocycles. The minimum Gasteiger partial charge on any atom is -0.497 e. The molecule has 5 rings (SSSR count). The molecular formula is C26H27N3O3S. The van der Waals surface area contributed by atoms with Crippen LogP contribution in [0.3, 0.4) is 0 Å². The summed E-state index contributed by atoms with van der Waals surface area (Å²) in [5.74, 6) is 1.77. The molecule has 0 saturated carbocycles. The second-order valence-electron chi connectivity index (χ2n) is 8.10. The highest BCUT2D eigenvalue weighted by molar-refractivity contribution is 7.16. The van der Waals surface area contributed by atoms with Gasteiger partial charge in [0.2, 0.25) is 0 Å². The summed E-state index contributed by atoms with van der Waals surface area (Å²) in [6.07, 6.45) is 0. The molecule has 0 aliphatic carbocycles. The maximum absolute atomic E-state index is 13.6. The average molecular weight is 462 g/mol. The fraction of sp³-hybridized carbons (Fsp3) is 0.269.